The van der Waals surface area contributed by atoms with E-state index in [1.54, 1.807) is 0 Å². The minimum atomic E-state index is 0.146. The number of rotatable bonds is 6. The first-order chi connectivity index (χ1) is 9.63. The molecule has 0 saturated carbocycles. The molecule has 1 atom stereocenters. The van der Waals surface area contributed by atoms with Crippen LogP contribution in [0.15, 0.2) is 30.6 Å². The van der Waals surface area contributed by atoms with Gasteiger partial charge in [-0.15, -0.1) is 0 Å². The second-order valence-electron chi connectivity index (χ2n) is 5.08. The predicted molar refractivity (Wildman–Crippen MR) is 84.2 cm³/mol. The van der Waals surface area contributed by atoms with Crippen LogP contribution in [0.3, 0.4) is 0 Å². The predicted octanol–water partition coefficient (Wildman–Crippen LogP) is 3.95. The Morgan fingerprint density at radius 1 is 1.25 bits per heavy atom. The summed E-state index contributed by atoms with van der Waals surface area (Å²) >= 11 is 6.20. The second-order valence-corrected chi connectivity index (χ2v) is 5.51. The summed E-state index contributed by atoms with van der Waals surface area (Å²) in [6.45, 7) is 8.18. The Balaban J connectivity index is 2.35. The standard InChI is InChI=1S/C16H22ClN3/c1-4-6-18-16(14-10-19-20(5-2)11-14)13-7-12(3)8-15(17)9-13/h7-11,16,18H,4-6H2,1-3H3. The molecule has 0 spiro atoms. The average molecular weight is 292 g/mol. The minimum Gasteiger partial charge on any atom is -0.306 e. The van der Waals surface area contributed by atoms with Crippen LogP contribution in [0, 0.1) is 6.92 Å². The Morgan fingerprint density at radius 3 is 2.65 bits per heavy atom. The Bertz CT molecular complexity index is 542. The number of hydrogen-bond donors (Lipinski definition) is 1. The van der Waals surface area contributed by atoms with Crippen LogP contribution in [0.2, 0.25) is 5.02 Å². The lowest BCUT2D eigenvalue weighted by Crippen LogP contribution is -2.23. The molecular weight excluding hydrogens is 270 g/mol. The van der Waals surface area contributed by atoms with Gasteiger partial charge < -0.3 is 5.32 Å². The number of halogens is 1. The maximum absolute atomic E-state index is 6.20. The molecule has 1 unspecified atom stereocenters. The van der Waals surface area contributed by atoms with E-state index in [-0.39, 0.29) is 6.04 Å². The number of aromatic nitrogens is 2. The minimum absolute atomic E-state index is 0.146. The summed E-state index contributed by atoms with van der Waals surface area (Å²) in [5, 5.41) is 8.74. The largest absolute Gasteiger partial charge is 0.306 e. The molecule has 0 bridgehead atoms. The molecule has 0 amide bonds. The monoisotopic (exact) mass is 291 g/mol. The number of benzene rings is 1. The van der Waals surface area contributed by atoms with Gasteiger partial charge in [0.2, 0.25) is 0 Å². The van der Waals surface area contributed by atoms with Crippen LogP contribution in [0.4, 0.5) is 0 Å². The first-order valence-corrected chi connectivity index (χ1v) is 7.54. The highest BCUT2D eigenvalue weighted by molar-refractivity contribution is 6.30. The van der Waals surface area contributed by atoms with Crippen molar-refractivity contribution < 1.29 is 0 Å². The molecule has 20 heavy (non-hydrogen) atoms. The number of nitrogens with zero attached hydrogens (tertiary/aromatic N) is 2. The van der Waals surface area contributed by atoms with Crippen LogP contribution < -0.4 is 5.32 Å². The van der Waals surface area contributed by atoms with E-state index in [2.05, 4.69) is 43.4 Å². The molecule has 1 N–H and O–H groups in total. The fraction of sp³-hybridized carbons (Fsp3) is 0.438. The normalized spacial score (nSPS) is 12.6. The van der Waals surface area contributed by atoms with Gasteiger partial charge in [0, 0.05) is 23.3 Å². The third-order valence-corrected chi connectivity index (χ3v) is 3.53. The topological polar surface area (TPSA) is 29.9 Å². The summed E-state index contributed by atoms with van der Waals surface area (Å²) in [6, 6.07) is 6.35. The molecule has 0 radical (unpaired) electrons. The van der Waals surface area contributed by atoms with Gasteiger partial charge in [-0.2, -0.15) is 5.10 Å². The van der Waals surface area contributed by atoms with Gasteiger partial charge in [-0.25, -0.2) is 0 Å². The molecule has 4 heteroatoms. The van der Waals surface area contributed by atoms with Gasteiger partial charge in [-0.3, -0.25) is 4.68 Å². The van der Waals surface area contributed by atoms with Crippen LogP contribution in [0.5, 0.6) is 0 Å². The van der Waals surface area contributed by atoms with E-state index >= 15 is 0 Å². The van der Waals surface area contributed by atoms with E-state index in [4.69, 9.17) is 11.6 Å². The Morgan fingerprint density at radius 2 is 2.05 bits per heavy atom. The van der Waals surface area contributed by atoms with Crippen molar-refractivity contribution in [2.24, 2.45) is 0 Å². The molecule has 1 aromatic carbocycles. The van der Waals surface area contributed by atoms with E-state index < -0.39 is 0 Å². The summed E-state index contributed by atoms with van der Waals surface area (Å²) in [7, 11) is 0. The zero-order valence-electron chi connectivity index (χ0n) is 12.4. The SMILES string of the molecule is CCCNC(c1cc(C)cc(Cl)c1)c1cnn(CC)c1. The highest BCUT2D eigenvalue weighted by Crippen LogP contribution is 2.25. The zero-order valence-corrected chi connectivity index (χ0v) is 13.1. The van der Waals surface area contributed by atoms with Crippen LogP contribution in [-0.2, 0) is 6.54 Å². The summed E-state index contributed by atoms with van der Waals surface area (Å²) < 4.78 is 1.95. The molecule has 1 aromatic heterocycles. The van der Waals surface area contributed by atoms with Gasteiger partial charge in [-0.05, 0) is 50.1 Å². The average Bonchev–Trinajstić information content (AvgIpc) is 2.87. The highest BCUT2D eigenvalue weighted by atomic mass is 35.5. The first kappa shape index (κ1) is 15.1. The molecule has 0 fully saturated rings. The van der Waals surface area contributed by atoms with Crippen molar-refractivity contribution in [2.75, 3.05) is 6.54 Å². The highest BCUT2D eigenvalue weighted by Gasteiger charge is 2.16. The van der Waals surface area contributed by atoms with Crippen molar-refractivity contribution in [3.63, 3.8) is 0 Å². The lowest BCUT2D eigenvalue weighted by Gasteiger charge is -2.18. The molecule has 3 nitrogen and oxygen atoms in total. The van der Waals surface area contributed by atoms with Crippen LogP contribution in [-0.4, -0.2) is 16.3 Å². The lowest BCUT2D eigenvalue weighted by molar-refractivity contribution is 0.596. The van der Waals surface area contributed by atoms with Gasteiger partial charge in [0.15, 0.2) is 0 Å². The summed E-state index contributed by atoms with van der Waals surface area (Å²) in [5.74, 6) is 0. The molecule has 2 aromatic rings. The van der Waals surface area contributed by atoms with E-state index in [0.717, 1.165) is 24.5 Å². The maximum atomic E-state index is 6.20. The molecular formula is C16H22ClN3. The van der Waals surface area contributed by atoms with Crippen LogP contribution in [0.1, 0.15) is 43.0 Å². The quantitative estimate of drug-likeness (QED) is 0.873. The second kappa shape index (κ2) is 6.91. The Kier molecular flexibility index (Phi) is 5.21. The fourth-order valence-electron chi connectivity index (χ4n) is 2.35. The van der Waals surface area contributed by atoms with Crippen LogP contribution in [0.25, 0.3) is 0 Å². The van der Waals surface area contributed by atoms with E-state index in [0.29, 0.717) is 0 Å². The van der Waals surface area contributed by atoms with Crippen molar-refractivity contribution in [3.05, 3.63) is 52.3 Å². The number of nitrogens with one attached hydrogen (secondary N) is 1. The van der Waals surface area contributed by atoms with Crippen molar-refractivity contribution in [1.29, 1.82) is 0 Å². The molecule has 0 aliphatic heterocycles. The summed E-state index contributed by atoms with van der Waals surface area (Å²) in [5.41, 5.74) is 3.56. The van der Waals surface area contributed by atoms with Gasteiger partial charge in [0.05, 0.1) is 12.2 Å². The molecule has 0 aliphatic carbocycles. The molecule has 108 valence electrons. The molecule has 0 saturated heterocycles. The van der Waals surface area contributed by atoms with Crippen molar-refractivity contribution in [3.8, 4) is 0 Å². The maximum Gasteiger partial charge on any atom is 0.0608 e. The fourth-order valence-corrected chi connectivity index (χ4v) is 2.65. The summed E-state index contributed by atoms with van der Waals surface area (Å²) in [6.07, 6.45) is 5.13. The van der Waals surface area contributed by atoms with Crippen molar-refractivity contribution in [2.45, 2.75) is 39.8 Å². The van der Waals surface area contributed by atoms with Gasteiger partial charge in [0.1, 0.15) is 0 Å². The molecule has 2 rings (SSSR count). The lowest BCUT2D eigenvalue weighted by atomic mass is 9.99. The molecule has 0 aliphatic rings. The van der Waals surface area contributed by atoms with E-state index in [1.165, 1.54) is 16.7 Å². The van der Waals surface area contributed by atoms with Crippen LogP contribution >= 0.6 is 11.6 Å². The third kappa shape index (κ3) is 3.62. The third-order valence-electron chi connectivity index (χ3n) is 3.31. The van der Waals surface area contributed by atoms with Gasteiger partial charge >= 0.3 is 0 Å². The van der Waals surface area contributed by atoms with Gasteiger partial charge in [-0.1, -0.05) is 24.6 Å². The zero-order chi connectivity index (χ0) is 14.5. The number of aryl methyl sites for hydroxylation is 2. The smallest absolute Gasteiger partial charge is 0.0608 e. The van der Waals surface area contributed by atoms with E-state index in [9.17, 15) is 0 Å². The summed E-state index contributed by atoms with van der Waals surface area (Å²) in [4.78, 5) is 0. The Hall–Kier alpha value is -1.32. The van der Waals surface area contributed by atoms with Crippen molar-refractivity contribution in [1.82, 2.24) is 15.1 Å². The van der Waals surface area contributed by atoms with Gasteiger partial charge in [0.25, 0.3) is 0 Å². The Labute approximate surface area is 126 Å². The number of hydrogen-bond acceptors (Lipinski definition) is 2. The molecule has 1 heterocycles. The van der Waals surface area contributed by atoms with E-state index in [1.807, 2.05) is 23.0 Å². The van der Waals surface area contributed by atoms with Crippen molar-refractivity contribution >= 4 is 11.6 Å². The first-order valence-electron chi connectivity index (χ1n) is 7.16.